The molecule has 0 amide bonds. The van der Waals surface area contributed by atoms with Crippen molar-refractivity contribution in [1.29, 1.82) is 0 Å². The summed E-state index contributed by atoms with van der Waals surface area (Å²) in [6.45, 7) is 5.27. The van der Waals surface area contributed by atoms with Crippen LogP contribution < -0.4 is 10.6 Å². The Kier molecular flexibility index (Phi) is 4.56. The summed E-state index contributed by atoms with van der Waals surface area (Å²) in [5, 5.41) is 0. The molecular weight excluding hydrogens is 186 g/mol. The highest BCUT2D eigenvalue weighted by molar-refractivity contribution is 5.36. The van der Waals surface area contributed by atoms with Crippen molar-refractivity contribution in [2.45, 2.75) is 26.3 Å². The van der Waals surface area contributed by atoms with Gasteiger partial charge >= 0.3 is 0 Å². The molecule has 1 aromatic rings. The molecule has 0 aromatic carbocycles. The van der Waals surface area contributed by atoms with Gasteiger partial charge in [0.05, 0.1) is 0 Å². The third-order valence-electron chi connectivity index (χ3n) is 2.69. The van der Waals surface area contributed by atoms with E-state index in [2.05, 4.69) is 30.8 Å². The van der Waals surface area contributed by atoms with Crippen molar-refractivity contribution in [3.63, 3.8) is 0 Å². The zero-order valence-corrected chi connectivity index (χ0v) is 9.85. The fourth-order valence-corrected chi connectivity index (χ4v) is 1.37. The Balaban J connectivity index is 2.40. The number of hydrogen-bond donors (Lipinski definition) is 1. The lowest BCUT2D eigenvalue weighted by Crippen LogP contribution is -2.32. The molecule has 0 spiro atoms. The van der Waals surface area contributed by atoms with E-state index in [1.165, 1.54) is 0 Å². The maximum Gasteiger partial charge on any atom is 0.128 e. The topological polar surface area (TPSA) is 42.1 Å². The van der Waals surface area contributed by atoms with Crippen molar-refractivity contribution < 1.29 is 0 Å². The second kappa shape index (κ2) is 5.71. The Morgan fingerprint density at radius 2 is 2.13 bits per heavy atom. The van der Waals surface area contributed by atoms with Crippen LogP contribution in [0.25, 0.3) is 0 Å². The van der Waals surface area contributed by atoms with E-state index in [0.29, 0.717) is 5.92 Å². The monoisotopic (exact) mass is 207 g/mol. The first-order chi connectivity index (χ1) is 7.11. The number of nitrogens with zero attached hydrogens (tertiary/aromatic N) is 2. The Hall–Kier alpha value is -1.09. The molecule has 0 bridgehead atoms. The van der Waals surface area contributed by atoms with Gasteiger partial charge in [0, 0.05) is 25.8 Å². The highest BCUT2D eigenvalue weighted by Crippen LogP contribution is 2.09. The van der Waals surface area contributed by atoms with Gasteiger partial charge in [0.2, 0.25) is 0 Å². The van der Waals surface area contributed by atoms with Crippen molar-refractivity contribution in [3.8, 4) is 0 Å². The molecule has 1 unspecified atom stereocenters. The van der Waals surface area contributed by atoms with E-state index in [4.69, 9.17) is 5.73 Å². The van der Waals surface area contributed by atoms with Crippen molar-refractivity contribution in [2.24, 2.45) is 11.7 Å². The predicted molar refractivity (Wildman–Crippen MR) is 64.9 cm³/mol. The van der Waals surface area contributed by atoms with E-state index in [0.717, 1.165) is 18.8 Å². The molecule has 0 aliphatic heterocycles. The summed E-state index contributed by atoms with van der Waals surface area (Å²) in [6, 6.07) is 6.22. The Morgan fingerprint density at radius 3 is 2.67 bits per heavy atom. The minimum atomic E-state index is 0.274. The number of pyridine rings is 1. The quantitative estimate of drug-likeness (QED) is 0.801. The van der Waals surface area contributed by atoms with Gasteiger partial charge in [0.1, 0.15) is 5.82 Å². The van der Waals surface area contributed by atoms with Crippen molar-refractivity contribution in [1.82, 2.24) is 4.98 Å². The summed E-state index contributed by atoms with van der Waals surface area (Å²) < 4.78 is 0. The summed E-state index contributed by atoms with van der Waals surface area (Å²) in [5.41, 5.74) is 6.00. The van der Waals surface area contributed by atoms with Crippen LogP contribution in [0.4, 0.5) is 5.82 Å². The normalized spacial score (nSPS) is 12.9. The summed E-state index contributed by atoms with van der Waals surface area (Å²) in [5.74, 6) is 1.55. The van der Waals surface area contributed by atoms with E-state index in [1.54, 1.807) is 0 Å². The first-order valence-corrected chi connectivity index (χ1v) is 5.49. The summed E-state index contributed by atoms with van der Waals surface area (Å²) in [4.78, 5) is 6.43. The molecule has 15 heavy (non-hydrogen) atoms. The lowest BCUT2D eigenvalue weighted by molar-refractivity contribution is 0.466. The number of aromatic nitrogens is 1. The van der Waals surface area contributed by atoms with Crippen molar-refractivity contribution in [2.75, 3.05) is 18.5 Å². The van der Waals surface area contributed by atoms with E-state index in [9.17, 15) is 0 Å². The van der Waals surface area contributed by atoms with Crippen LogP contribution in [0.15, 0.2) is 24.4 Å². The summed E-state index contributed by atoms with van der Waals surface area (Å²) >= 11 is 0. The van der Waals surface area contributed by atoms with E-state index >= 15 is 0 Å². The molecule has 0 radical (unpaired) electrons. The largest absolute Gasteiger partial charge is 0.360 e. The summed E-state index contributed by atoms with van der Waals surface area (Å²) in [6.07, 6.45) is 2.82. The minimum Gasteiger partial charge on any atom is -0.360 e. The molecule has 2 N–H and O–H groups in total. The SMILES string of the molecule is CC(C)C(N)CCN(C)c1ccccn1. The molecule has 0 saturated heterocycles. The fraction of sp³-hybridized carbons (Fsp3) is 0.583. The fourth-order valence-electron chi connectivity index (χ4n) is 1.37. The van der Waals surface area contributed by atoms with Gasteiger partial charge in [-0.15, -0.1) is 0 Å². The number of nitrogens with two attached hydrogens (primary N) is 1. The molecule has 3 nitrogen and oxygen atoms in total. The lowest BCUT2D eigenvalue weighted by Gasteiger charge is -2.22. The van der Waals surface area contributed by atoms with Gasteiger partial charge in [-0.05, 0) is 24.5 Å². The zero-order valence-electron chi connectivity index (χ0n) is 9.85. The van der Waals surface area contributed by atoms with Crippen molar-refractivity contribution in [3.05, 3.63) is 24.4 Å². The highest BCUT2D eigenvalue weighted by Gasteiger charge is 2.09. The number of rotatable bonds is 5. The van der Waals surface area contributed by atoms with Gasteiger partial charge in [-0.25, -0.2) is 4.98 Å². The molecule has 0 saturated carbocycles. The maximum absolute atomic E-state index is 6.00. The van der Waals surface area contributed by atoms with Crippen LogP contribution in [0, 0.1) is 5.92 Å². The van der Waals surface area contributed by atoms with Gasteiger partial charge in [-0.2, -0.15) is 0 Å². The molecule has 0 fully saturated rings. The minimum absolute atomic E-state index is 0.274. The molecule has 1 rings (SSSR count). The average molecular weight is 207 g/mol. The zero-order chi connectivity index (χ0) is 11.3. The van der Waals surface area contributed by atoms with Crippen LogP contribution >= 0.6 is 0 Å². The first-order valence-electron chi connectivity index (χ1n) is 5.49. The Labute approximate surface area is 92.3 Å². The van der Waals surface area contributed by atoms with E-state index in [-0.39, 0.29) is 6.04 Å². The molecule has 84 valence electrons. The smallest absolute Gasteiger partial charge is 0.128 e. The van der Waals surface area contributed by atoms with Crippen LogP contribution in [0.3, 0.4) is 0 Å². The predicted octanol–water partition coefficient (Wildman–Crippen LogP) is 1.89. The molecule has 0 aliphatic carbocycles. The first kappa shape index (κ1) is 12.0. The summed E-state index contributed by atoms with van der Waals surface area (Å²) in [7, 11) is 2.05. The van der Waals surface area contributed by atoms with Crippen LogP contribution in [0.5, 0.6) is 0 Å². The van der Waals surface area contributed by atoms with Crippen molar-refractivity contribution >= 4 is 5.82 Å². The van der Waals surface area contributed by atoms with Crippen LogP contribution in [0.2, 0.25) is 0 Å². The molecular formula is C12H21N3. The molecule has 1 aromatic heterocycles. The van der Waals surface area contributed by atoms with Gasteiger partial charge in [0.25, 0.3) is 0 Å². The Bertz CT molecular complexity index is 271. The Morgan fingerprint density at radius 1 is 1.40 bits per heavy atom. The molecule has 3 heteroatoms. The van der Waals surface area contributed by atoms with E-state index in [1.807, 2.05) is 24.4 Å². The second-order valence-corrected chi connectivity index (χ2v) is 4.31. The lowest BCUT2D eigenvalue weighted by atomic mass is 10.0. The molecule has 1 heterocycles. The van der Waals surface area contributed by atoms with Crippen LogP contribution in [-0.2, 0) is 0 Å². The highest BCUT2D eigenvalue weighted by atomic mass is 15.2. The third kappa shape index (κ3) is 3.88. The second-order valence-electron chi connectivity index (χ2n) is 4.31. The number of anilines is 1. The number of hydrogen-bond acceptors (Lipinski definition) is 3. The molecule has 1 atom stereocenters. The average Bonchev–Trinajstić information content (AvgIpc) is 2.26. The van der Waals surface area contributed by atoms with Gasteiger partial charge < -0.3 is 10.6 Å². The van der Waals surface area contributed by atoms with Gasteiger partial charge in [-0.1, -0.05) is 19.9 Å². The van der Waals surface area contributed by atoms with Gasteiger partial charge in [-0.3, -0.25) is 0 Å². The van der Waals surface area contributed by atoms with E-state index < -0.39 is 0 Å². The van der Waals surface area contributed by atoms with Crippen LogP contribution in [-0.4, -0.2) is 24.6 Å². The maximum atomic E-state index is 6.00. The van der Waals surface area contributed by atoms with Gasteiger partial charge in [0.15, 0.2) is 0 Å². The molecule has 0 aliphatic rings. The standard InChI is InChI=1S/C12H21N3/c1-10(2)11(13)7-9-15(3)12-6-4-5-8-14-12/h4-6,8,10-11H,7,9,13H2,1-3H3. The van der Waals surface area contributed by atoms with Crippen LogP contribution in [0.1, 0.15) is 20.3 Å². The third-order valence-corrected chi connectivity index (χ3v) is 2.69.